The molecule has 0 spiro atoms. The Labute approximate surface area is 128 Å². The van der Waals surface area contributed by atoms with Crippen LogP contribution in [0.1, 0.15) is 40.0 Å². The normalized spacial score (nSPS) is 29.3. The Bertz CT molecular complexity index is 456. The van der Waals surface area contributed by atoms with Crippen molar-refractivity contribution in [3.63, 3.8) is 0 Å². The SMILES string of the molecule is CC(C)(C)OC(=O)NC1CCC(O)CC1N1C(=O)COC1=O. The van der Waals surface area contributed by atoms with Gasteiger partial charge >= 0.3 is 12.2 Å². The minimum atomic E-state index is -0.736. The van der Waals surface area contributed by atoms with Crippen molar-refractivity contribution in [1.29, 1.82) is 0 Å². The highest BCUT2D eigenvalue weighted by Crippen LogP contribution is 2.26. The maximum atomic E-state index is 11.9. The predicted molar refractivity (Wildman–Crippen MR) is 75.0 cm³/mol. The van der Waals surface area contributed by atoms with Crippen molar-refractivity contribution in [2.24, 2.45) is 0 Å². The van der Waals surface area contributed by atoms with Crippen LogP contribution in [0.4, 0.5) is 9.59 Å². The smallest absolute Gasteiger partial charge is 0.417 e. The number of aliphatic hydroxyl groups excluding tert-OH is 1. The third-order valence-corrected chi connectivity index (χ3v) is 3.61. The molecule has 124 valence electrons. The molecule has 0 aromatic rings. The van der Waals surface area contributed by atoms with E-state index in [0.29, 0.717) is 12.8 Å². The second-order valence-electron chi connectivity index (χ2n) is 6.61. The quantitative estimate of drug-likeness (QED) is 0.780. The summed E-state index contributed by atoms with van der Waals surface area (Å²) in [5.41, 5.74) is -0.643. The summed E-state index contributed by atoms with van der Waals surface area (Å²) in [6.07, 6.45) is -0.834. The number of rotatable bonds is 2. The van der Waals surface area contributed by atoms with Crippen LogP contribution < -0.4 is 5.32 Å². The fourth-order valence-corrected chi connectivity index (χ4v) is 2.72. The third-order valence-electron chi connectivity index (χ3n) is 3.61. The van der Waals surface area contributed by atoms with Crippen LogP contribution in [-0.4, -0.2) is 58.5 Å². The highest BCUT2D eigenvalue weighted by Gasteiger charge is 2.44. The molecule has 1 saturated heterocycles. The van der Waals surface area contributed by atoms with Gasteiger partial charge in [0.25, 0.3) is 5.91 Å². The molecule has 8 nitrogen and oxygen atoms in total. The molecular weight excluding hydrogens is 292 g/mol. The number of carbonyl (C=O) groups is 3. The van der Waals surface area contributed by atoms with Gasteiger partial charge in [-0.15, -0.1) is 0 Å². The minimum Gasteiger partial charge on any atom is -0.444 e. The van der Waals surface area contributed by atoms with Crippen molar-refractivity contribution in [1.82, 2.24) is 10.2 Å². The van der Waals surface area contributed by atoms with Crippen LogP contribution in [0.15, 0.2) is 0 Å². The first-order chi connectivity index (χ1) is 10.2. The first-order valence-corrected chi connectivity index (χ1v) is 7.34. The summed E-state index contributed by atoms with van der Waals surface area (Å²) < 4.78 is 9.91. The van der Waals surface area contributed by atoms with Crippen molar-refractivity contribution in [3.8, 4) is 0 Å². The molecule has 0 aromatic carbocycles. The van der Waals surface area contributed by atoms with Crippen LogP contribution in [0.25, 0.3) is 0 Å². The van der Waals surface area contributed by atoms with Gasteiger partial charge in [0, 0.05) is 0 Å². The number of aliphatic hydroxyl groups is 1. The van der Waals surface area contributed by atoms with E-state index in [1.54, 1.807) is 20.8 Å². The summed E-state index contributed by atoms with van der Waals surface area (Å²) >= 11 is 0. The summed E-state index contributed by atoms with van der Waals surface area (Å²) in [6.45, 7) is 4.94. The van der Waals surface area contributed by atoms with Gasteiger partial charge in [0.15, 0.2) is 6.61 Å². The van der Waals surface area contributed by atoms with Gasteiger partial charge in [0.2, 0.25) is 0 Å². The molecule has 1 aliphatic carbocycles. The fraction of sp³-hybridized carbons (Fsp3) is 0.786. The number of ether oxygens (including phenoxy) is 2. The van der Waals surface area contributed by atoms with Crippen molar-refractivity contribution >= 4 is 18.1 Å². The first-order valence-electron chi connectivity index (χ1n) is 7.34. The number of cyclic esters (lactones) is 1. The molecule has 1 heterocycles. The number of nitrogens with zero attached hydrogens (tertiary/aromatic N) is 1. The molecule has 2 fully saturated rings. The molecule has 3 atom stereocenters. The molecular formula is C14H22N2O6. The van der Waals surface area contributed by atoms with E-state index in [1.165, 1.54) is 0 Å². The molecule has 1 aliphatic heterocycles. The van der Waals surface area contributed by atoms with Gasteiger partial charge in [0.05, 0.1) is 18.2 Å². The van der Waals surface area contributed by atoms with Gasteiger partial charge in [-0.25, -0.2) is 14.5 Å². The Morgan fingerprint density at radius 2 is 2.05 bits per heavy atom. The van der Waals surface area contributed by atoms with E-state index < -0.39 is 41.9 Å². The predicted octanol–water partition coefficient (Wildman–Crippen LogP) is 0.772. The second kappa shape index (κ2) is 6.12. The Hall–Kier alpha value is -1.83. The van der Waals surface area contributed by atoms with Gasteiger partial charge in [-0.05, 0) is 40.0 Å². The Kier molecular flexibility index (Phi) is 4.60. The van der Waals surface area contributed by atoms with Crippen LogP contribution in [0.3, 0.4) is 0 Å². The van der Waals surface area contributed by atoms with E-state index in [4.69, 9.17) is 9.47 Å². The average molecular weight is 314 g/mol. The van der Waals surface area contributed by atoms with E-state index in [0.717, 1.165) is 4.90 Å². The zero-order valence-electron chi connectivity index (χ0n) is 13.0. The molecule has 0 radical (unpaired) electrons. The van der Waals surface area contributed by atoms with Gasteiger partial charge in [-0.1, -0.05) is 0 Å². The number of alkyl carbamates (subject to hydrolysis) is 1. The molecule has 3 unspecified atom stereocenters. The number of nitrogens with one attached hydrogen (secondary N) is 1. The number of hydrogen-bond donors (Lipinski definition) is 2. The average Bonchev–Trinajstić information content (AvgIpc) is 2.69. The lowest BCUT2D eigenvalue weighted by atomic mass is 9.87. The molecule has 2 N–H and O–H groups in total. The monoisotopic (exact) mass is 314 g/mol. The van der Waals surface area contributed by atoms with Crippen LogP contribution in [0.5, 0.6) is 0 Å². The van der Waals surface area contributed by atoms with Gasteiger partial charge in [0.1, 0.15) is 5.60 Å². The van der Waals surface area contributed by atoms with Crippen molar-refractivity contribution in [2.75, 3.05) is 6.61 Å². The molecule has 3 amide bonds. The number of amides is 3. The van der Waals surface area contributed by atoms with Crippen LogP contribution in [0, 0.1) is 0 Å². The Balaban J connectivity index is 2.08. The maximum absolute atomic E-state index is 11.9. The lowest BCUT2D eigenvalue weighted by Gasteiger charge is -2.38. The Morgan fingerprint density at radius 1 is 1.36 bits per heavy atom. The molecule has 2 aliphatic rings. The molecule has 8 heteroatoms. The largest absolute Gasteiger partial charge is 0.444 e. The maximum Gasteiger partial charge on any atom is 0.417 e. The number of carbonyl (C=O) groups excluding carboxylic acids is 3. The lowest BCUT2D eigenvalue weighted by molar-refractivity contribution is -0.128. The van der Waals surface area contributed by atoms with E-state index in [1.807, 2.05) is 0 Å². The van der Waals surface area contributed by atoms with Crippen molar-refractivity contribution in [3.05, 3.63) is 0 Å². The van der Waals surface area contributed by atoms with Crippen LogP contribution in [0.2, 0.25) is 0 Å². The summed E-state index contributed by atoms with van der Waals surface area (Å²) in [6, 6.07) is -1.09. The number of imide groups is 1. The molecule has 22 heavy (non-hydrogen) atoms. The highest BCUT2D eigenvalue weighted by molar-refractivity contribution is 5.98. The van der Waals surface area contributed by atoms with E-state index in [9.17, 15) is 19.5 Å². The standard InChI is InChI=1S/C14H22N2O6/c1-14(2,3)22-12(19)15-9-5-4-8(17)6-10(9)16-11(18)7-21-13(16)20/h8-10,17H,4-7H2,1-3H3,(H,15,19). The van der Waals surface area contributed by atoms with Gasteiger partial charge < -0.3 is 19.9 Å². The van der Waals surface area contributed by atoms with Crippen LogP contribution >= 0.6 is 0 Å². The van der Waals surface area contributed by atoms with Gasteiger partial charge in [-0.3, -0.25) is 4.79 Å². The van der Waals surface area contributed by atoms with Crippen LogP contribution in [-0.2, 0) is 14.3 Å². The molecule has 0 aromatic heterocycles. The zero-order chi connectivity index (χ0) is 16.5. The number of hydrogen-bond acceptors (Lipinski definition) is 6. The highest BCUT2D eigenvalue weighted by atomic mass is 16.6. The van der Waals surface area contributed by atoms with E-state index >= 15 is 0 Å². The van der Waals surface area contributed by atoms with Crippen molar-refractivity contribution < 1.29 is 29.0 Å². The van der Waals surface area contributed by atoms with E-state index in [2.05, 4.69) is 5.32 Å². The topological polar surface area (TPSA) is 105 Å². The summed E-state index contributed by atoms with van der Waals surface area (Å²) in [7, 11) is 0. The third kappa shape index (κ3) is 3.88. The van der Waals surface area contributed by atoms with Crippen molar-refractivity contribution in [2.45, 2.75) is 63.8 Å². The fourth-order valence-electron chi connectivity index (χ4n) is 2.72. The summed E-state index contributed by atoms with van der Waals surface area (Å²) in [4.78, 5) is 36.4. The van der Waals surface area contributed by atoms with E-state index in [-0.39, 0.29) is 13.0 Å². The Morgan fingerprint density at radius 3 is 2.59 bits per heavy atom. The molecule has 2 rings (SSSR count). The minimum absolute atomic E-state index is 0.210. The summed E-state index contributed by atoms with van der Waals surface area (Å²) in [5.74, 6) is -0.458. The van der Waals surface area contributed by atoms with Gasteiger partial charge in [-0.2, -0.15) is 0 Å². The summed E-state index contributed by atoms with van der Waals surface area (Å²) in [5, 5.41) is 12.5. The second-order valence-corrected chi connectivity index (χ2v) is 6.61. The first kappa shape index (κ1) is 16.5. The molecule has 0 bridgehead atoms. The zero-order valence-corrected chi connectivity index (χ0v) is 13.0. The molecule has 1 saturated carbocycles. The lowest BCUT2D eigenvalue weighted by Crippen LogP contribution is -2.57.